The van der Waals surface area contributed by atoms with Gasteiger partial charge >= 0.3 is 0 Å². The van der Waals surface area contributed by atoms with Gasteiger partial charge in [-0.1, -0.05) is 28.9 Å². The van der Waals surface area contributed by atoms with Crippen molar-refractivity contribution in [3.05, 3.63) is 40.7 Å². The number of hydrogen-bond donors (Lipinski definition) is 1. The second-order valence-corrected chi connectivity index (χ2v) is 4.01. The minimum Gasteiger partial charge on any atom is -0.485 e. The highest BCUT2D eigenvalue weighted by Crippen LogP contribution is 2.28. The van der Waals surface area contributed by atoms with Crippen molar-refractivity contribution in [2.75, 3.05) is 0 Å². The van der Waals surface area contributed by atoms with Gasteiger partial charge in [0.25, 0.3) is 0 Å². The second kappa shape index (κ2) is 5.16. The summed E-state index contributed by atoms with van der Waals surface area (Å²) in [6.07, 6.45) is 1.79. The van der Waals surface area contributed by atoms with Gasteiger partial charge < -0.3 is 10.5 Å². The molecule has 0 amide bonds. The number of rotatable bonds is 4. The quantitative estimate of drug-likeness (QED) is 0.896. The number of para-hydroxylation sites is 1. The smallest absolute Gasteiger partial charge is 0.142 e. The monoisotopic (exact) mass is 252 g/mol. The third-order valence-electron chi connectivity index (χ3n) is 2.28. The molecular weight excluding hydrogens is 240 g/mol. The van der Waals surface area contributed by atoms with Crippen molar-refractivity contribution in [3.63, 3.8) is 0 Å². The molecule has 17 heavy (non-hydrogen) atoms. The first kappa shape index (κ1) is 11.9. The molecular formula is C11H13ClN4O. The van der Waals surface area contributed by atoms with Crippen molar-refractivity contribution >= 4 is 11.6 Å². The summed E-state index contributed by atoms with van der Waals surface area (Å²) in [6.45, 7) is 0.709. The van der Waals surface area contributed by atoms with Crippen LogP contribution in [0.4, 0.5) is 0 Å². The molecule has 2 N–H and O–H groups in total. The van der Waals surface area contributed by atoms with E-state index in [-0.39, 0.29) is 0 Å². The molecule has 2 rings (SSSR count). The molecule has 6 heteroatoms. The molecule has 0 fully saturated rings. The number of hydrogen-bond acceptors (Lipinski definition) is 4. The Bertz CT molecular complexity index is 512. The van der Waals surface area contributed by atoms with E-state index in [0.29, 0.717) is 23.9 Å². The van der Waals surface area contributed by atoms with Crippen molar-refractivity contribution in [2.45, 2.75) is 13.2 Å². The molecule has 0 saturated carbocycles. The fourth-order valence-corrected chi connectivity index (χ4v) is 1.73. The van der Waals surface area contributed by atoms with Crippen molar-refractivity contribution in [2.24, 2.45) is 12.8 Å². The number of aromatic nitrogens is 3. The summed E-state index contributed by atoms with van der Waals surface area (Å²) in [4.78, 5) is 0. The Morgan fingerprint density at radius 3 is 2.94 bits per heavy atom. The van der Waals surface area contributed by atoms with Crippen LogP contribution >= 0.6 is 11.6 Å². The van der Waals surface area contributed by atoms with Gasteiger partial charge in [-0.15, -0.1) is 5.10 Å². The number of nitrogens with two attached hydrogens (primary N) is 1. The highest BCUT2D eigenvalue weighted by atomic mass is 35.5. The Morgan fingerprint density at radius 1 is 1.47 bits per heavy atom. The van der Waals surface area contributed by atoms with Crippen LogP contribution in [0.25, 0.3) is 0 Å². The number of ether oxygens (including phenoxy) is 1. The van der Waals surface area contributed by atoms with Crippen molar-refractivity contribution in [3.8, 4) is 5.75 Å². The fourth-order valence-electron chi connectivity index (χ4n) is 1.48. The molecule has 5 nitrogen and oxygen atoms in total. The Morgan fingerprint density at radius 2 is 2.29 bits per heavy atom. The van der Waals surface area contributed by atoms with E-state index in [1.54, 1.807) is 24.0 Å². The number of nitrogens with zero attached hydrogens (tertiary/aromatic N) is 3. The van der Waals surface area contributed by atoms with Crippen molar-refractivity contribution in [1.82, 2.24) is 15.0 Å². The minimum atomic E-state index is 0.324. The van der Waals surface area contributed by atoms with Crippen LogP contribution in [0.5, 0.6) is 5.75 Å². The molecule has 0 aliphatic rings. The second-order valence-electron chi connectivity index (χ2n) is 3.60. The first-order valence-electron chi connectivity index (χ1n) is 5.16. The molecule has 0 aliphatic carbocycles. The summed E-state index contributed by atoms with van der Waals surface area (Å²) in [5, 5.41) is 8.31. The van der Waals surface area contributed by atoms with Crippen LogP contribution in [0.1, 0.15) is 11.3 Å². The average molecular weight is 253 g/mol. The van der Waals surface area contributed by atoms with Crippen LogP contribution < -0.4 is 10.5 Å². The lowest BCUT2D eigenvalue weighted by atomic mass is 10.2. The number of benzene rings is 1. The van der Waals surface area contributed by atoms with Crippen LogP contribution in [-0.2, 0) is 20.2 Å². The van der Waals surface area contributed by atoms with Gasteiger partial charge in [-0.3, -0.25) is 4.68 Å². The van der Waals surface area contributed by atoms with E-state index < -0.39 is 0 Å². The van der Waals surface area contributed by atoms with Gasteiger partial charge in [-0.05, 0) is 6.07 Å². The SMILES string of the molecule is Cn1cc(COc2c(Cl)cccc2CN)nn1. The van der Waals surface area contributed by atoms with Gasteiger partial charge in [0, 0.05) is 19.2 Å². The Labute approximate surface area is 104 Å². The van der Waals surface area contributed by atoms with Crippen LogP contribution in [0.3, 0.4) is 0 Å². The third kappa shape index (κ3) is 2.75. The first-order valence-corrected chi connectivity index (χ1v) is 5.54. The summed E-state index contributed by atoms with van der Waals surface area (Å²) in [7, 11) is 1.80. The number of halogens is 1. The van der Waals surface area contributed by atoms with E-state index in [2.05, 4.69) is 10.3 Å². The molecule has 2 aromatic rings. The Kier molecular flexibility index (Phi) is 3.61. The maximum atomic E-state index is 6.06. The van der Waals surface area contributed by atoms with Gasteiger partial charge in [-0.2, -0.15) is 0 Å². The zero-order chi connectivity index (χ0) is 12.3. The van der Waals surface area contributed by atoms with Crippen LogP contribution in [0.2, 0.25) is 5.02 Å². The van der Waals surface area contributed by atoms with Gasteiger partial charge in [0.2, 0.25) is 0 Å². The van der Waals surface area contributed by atoms with Gasteiger partial charge in [0.15, 0.2) is 0 Å². The van der Waals surface area contributed by atoms with Crippen LogP contribution in [0, 0.1) is 0 Å². The molecule has 0 radical (unpaired) electrons. The van der Waals surface area contributed by atoms with E-state index in [9.17, 15) is 0 Å². The summed E-state index contributed by atoms with van der Waals surface area (Å²) in [6, 6.07) is 5.50. The lowest BCUT2D eigenvalue weighted by Crippen LogP contribution is -2.03. The largest absolute Gasteiger partial charge is 0.485 e. The zero-order valence-corrected chi connectivity index (χ0v) is 10.2. The lowest BCUT2D eigenvalue weighted by molar-refractivity contribution is 0.298. The first-order chi connectivity index (χ1) is 8.20. The average Bonchev–Trinajstić information content (AvgIpc) is 2.73. The third-order valence-corrected chi connectivity index (χ3v) is 2.58. The molecule has 1 aromatic heterocycles. The predicted octanol–water partition coefficient (Wildman–Crippen LogP) is 1.51. The van der Waals surface area contributed by atoms with Gasteiger partial charge in [0.1, 0.15) is 18.1 Å². The highest BCUT2D eigenvalue weighted by molar-refractivity contribution is 6.32. The molecule has 0 saturated heterocycles. The molecule has 1 aromatic carbocycles. The van der Waals surface area contributed by atoms with Gasteiger partial charge in [-0.25, -0.2) is 0 Å². The Hall–Kier alpha value is -1.59. The molecule has 0 bridgehead atoms. The molecule has 90 valence electrons. The molecule has 0 aliphatic heterocycles. The highest BCUT2D eigenvalue weighted by Gasteiger charge is 2.08. The van der Waals surface area contributed by atoms with Crippen LogP contribution in [-0.4, -0.2) is 15.0 Å². The minimum absolute atomic E-state index is 0.324. The maximum absolute atomic E-state index is 6.06. The van der Waals surface area contributed by atoms with Gasteiger partial charge in [0.05, 0.1) is 11.2 Å². The Balaban J connectivity index is 2.13. The van der Waals surface area contributed by atoms with Crippen molar-refractivity contribution < 1.29 is 4.74 Å². The number of aryl methyl sites for hydroxylation is 1. The predicted molar refractivity (Wildman–Crippen MR) is 64.7 cm³/mol. The van der Waals surface area contributed by atoms with E-state index in [0.717, 1.165) is 11.3 Å². The van der Waals surface area contributed by atoms with E-state index >= 15 is 0 Å². The topological polar surface area (TPSA) is 66.0 Å². The molecule has 1 heterocycles. The molecule has 0 spiro atoms. The van der Waals surface area contributed by atoms with Crippen LogP contribution in [0.15, 0.2) is 24.4 Å². The molecule has 0 atom stereocenters. The fraction of sp³-hybridized carbons (Fsp3) is 0.273. The summed E-state index contributed by atoms with van der Waals surface area (Å²) in [5.74, 6) is 0.613. The van der Waals surface area contributed by atoms with E-state index in [1.807, 2.05) is 12.1 Å². The van der Waals surface area contributed by atoms with E-state index in [4.69, 9.17) is 22.1 Å². The lowest BCUT2D eigenvalue weighted by Gasteiger charge is -2.10. The molecule has 0 unspecified atom stereocenters. The van der Waals surface area contributed by atoms with E-state index in [1.165, 1.54) is 0 Å². The standard InChI is InChI=1S/C11H13ClN4O/c1-16-6-9(14-15-16)7-17-11-8(5-13)3-2-4-10(11)12/h2-4,6H,5,7,13H2,1H3. The van der Waals surface area contributed by atoms with Crippen molar-refractivity contribution in [1.29, 1.82) is 0 Å². The summed E-state index contributed by atoms with van der Waals surface area (Å²) < 4.78 is 7.25. The summed E-state index contributed by atoms with van der Waals surface area (Å²) >= 11 is 6.06. The normalized spacial score (nSPS) is 10.5. The summed E-state index contributed by atoms with van der Waals surface area (Å²) in [5.41, 5.74) is 7.24. The zero-order valence-electron chi connectivity index (χ0n) is 9.43. The maximum Gasteiger partial charge on any atom is 0.142 e.